The summed E-state index contributed by atoms with van der Waals surface area (Å²) in [7, 11) is 0. The van der Waals surface area contributed by atoms with Crippen molar-refractivity contribution in [3.8, 4) is 5.88 Å². The van der Waals surface area contributed by atoms with Gasteiger partial charge in [-0.1, -0.05) is 13.8 Å². The van der Waals surface area contributed by atoms with Crippen molar-refractivity contribution in [2.75, 3.05) is 13.2 Å². The molecule has 19 heavy (non-hydrogen) atoms. The molecule has 108 valence electrons. The highest BCUT2D eigenvalue weighted by Crippen LogP contribution is 2.14. The lowest BCUT2D eigenvalue weighted by Crippen LogP contribution is -2.22. The first kappa shape index (κ1) is 15.9. The van der Waals surface area contributed by atoms with Crippen molar-refractivity contribution in [2.24, 2.45) is 0 Å². The van der Waals surface area contributed by atoms with Gasteiger partial charge in [0.15, 0.2) is 0 Å². The molecule has 0 aliphatic carbocycles. The van der Waals surface area contributed by atoms with Crippen LogP contribution in [0.2, 0.25) is 0 Å². The molecular formula is C15H26N2O2. The van der Waals surface area contributed by atoms with E-state index < -0.39 is 0 Å². The van der Waals surface area contributed by atoms with Crippen molar-refractivity contribution in [3.05, 3.63) is 23.4 Å². The summed E-state index contributed by atoms with van der Waals surface area (Å²) in [6.07, 6.45) is 0.0140. The summed E-state index contributed by atoms with van der Waals surface area (Å²) in [6, 6.07) is 4.54. The van der Waals surface area contributed by atoms with Gasteiger partial charge in [-0.05, 0) is 32.4 Å². The Morgan fingerprint density at radius 2 is 2.00 bits per heavy atom. The van der Waals surface area contributed by atoms with E-state index in [1.165, 1.54) is 5.56 Å². The smallest absolute Gasteiger partial charge is 0.214 e. The minimum atomic E-state index is 0.0140. The Bertz CT molecular complexity index is 380. The van der Waals surface area contributed by atoms with Gasteiger partial charge in [0.1, 0.15) is 6.10 Å². The molecular weight excluding hydrogens is 240 g/mol. The van der Waals surface area contributed by atoms with Crippen LogP contribution >= 0.6 is 0 Å². The van der Waals surface area contributed by atoms with Crippen molar-refractivity contribution in [1.29, 1.82) is 0 Å². The molecule has 0 radical (unpaired) electrons. The Hall–Kier alpha value is -1.13. The fourth-order valence-electron chi connectivity index (χ4n) is 1.72. The van der Waals surface area contributed by atoms with Crippen LogP contribution in [-0.4, -0.2) is 30.3 Å². The van der Waals surface area contributed by atoms with E-state index in [1.807, 2.05) is 26.8 Å². The van der Waals surface area contributed by atoms with Gasteiger partial charge in [-0.2, -0.15) is 0 Å². The normalized spacial score (nSPS) is 12.7. The highest BCUT2D eigenvalue weighted by atomic mass is 16.5. The topological polar surface area (TPSA) is 43.4 Å². The van der Waals surface area contributed by atoms with Gasteiger partial charge in [-0.25, -0.2) is 4.98 Å². The molecule has 1 aromatic rings. The Kier molecular flexibility index (Phi) is 6.81. The van der Waals surface area contributed by atoms with E-state index in [9.17, 15) is 0 Å². The summed E-state index contributed by atoms with van der Waals surface area (Å²) in [5.41, 5.74) is 2.17. The minimum Gasteiger partial charge on any atom is -0.472 e. The third-order valence-corrected chi connectivity index (χ3v) is 2.58. The molecule has 0 saturated carbocycles. The lowest BCUT2D eigenvalue weighted by atomic mass is 10.2. The lowest BCUT2D eigenvalue weighted by molar-refractivity contribution is 0.0632. The molecule has 0 aromatic carbocycles. The van der Waals surface area contributed by atoms with Crippen molar-refractivity contribution >= 4 is 0 Å². The molecule has 0 aliphatic heterocycles. The monoisotopic (exact) mass is 266 g/mol. The van der Waals surface area contributed by atoms with Crippen LogP contribution in [-0.2, 0) is 11.3 Å². The molecule has 0 aliphatic rings. The van der Waals surface area contributed by atoms with Crippen molar-refractivity contribution in [3.63, 3.8) is 0 Å². The number of aryl methyl sites for hydroxylation is 1. The largest absolute Gasteiger partial charge is 0.472 e. The van der Waals surface area contributed by atoms with Crippen LogP contribution in [0.15, 0.2) is 12.1 Å². The maximum atomic E-state index is 5.78. The van der Waals surface area contributed by atoms with E-state index in [0.29, 0.717) is 25.1 Å². The fraction of sp³-hybridized carbons (Fsp3) is 0.667. The number of hydrogen-bond donors (Lipinski definition) is 1. The molecule has 4 nitrogen and oxygen atoms in total. The number of aromatic nitrogens is 1. The van der Waals surface area contributed by atoms with Gasteiger partial charge in [-0.15, -0.1) is 0 Å². The predicted molar refractivity (Wildman–Crippen MR) is 77.5 cm³/mol. The number of hydrogen-bond acceptors (Lipinski definition) is 4. The molecule has 1 rings (SSSR count). The van der Waals surface area contributed by atoms with Crippen molar-refractivity contribution < 1.29 is 9.47 Å². The zero-order valence-electron chi connectivity index (χ0n) is 12.7. The second-order valence-corrected chi connectivity index (χ2v) is 5.08. The summed E-state index contributed by atoms with van der Waals surface area (Å²) >= 11 is 0. The number of rotatable bonds is 8. The van der Waals surface area contributed by atoms with E-state index in [-0.39, 0.29) is 6.10 Å². The second-order valence-electron chi connectivity index (χ2n) is 5.08. The molecule has 0 amide bonds. The molecule has 0 saturated heterocycles. The number of pyridine rings is 1. The molecule has 1 heterocycles. The number of ether oxygens (including phenoxy) is 2. The molecule has 1 atom stereocenters. The standard InChI is InChI=1S/C15H26N2O2/c1-6-18-10-13(5)19-15-8-14(7-12(4)17-15)9-16-11(2)3/h7-8,11,13,16H,6,9-10H2,1-5H3. The van der Waals surface area contributed by atoms with Crippen LogP contribution in [0, 0.1) is 6.92 Å². The Labute approximate surface area is 116 Å². The minimum absolute atomic E-state index is 0.0140. The Morgan fingerprint density at radius 3 is 2.63 bits per heavy atom. The third kappa shape index (κ3) is 6.55. The molecule has 1 unspecified atom stereocenters. The van der Waals surface area contributed by atoms with Gasteiger partial charge in [0, 0.05) is 31.0 Å². The second kappa shape index (κ2) is 8.12. The molecule has 0 spiro atoms. The first-order chi connectivity index (χ1) is 9.01. The van der Waals surface area contributed by atoms with Crippen LogP contribution in [0.1, 0.15) is 39.0 Å². The molecule has 0 fully saturated rings. The zero-order chi connectivity index (χ0) is 14.3. The molecule has 1 aromatic heterocycles. The lowest BCUT2D eigenvalue weighted by Gasteiger charge is -2.15. The average Bonchev–Trinajstić information content (AvgIpc) is 2.33. The first-order valence-electron chi connectivity index (χ1n) is 6.96. The maximum Gasteiger partial charge on any atom is 0.214 e. The van der Waals surface area contributed by atoms with Crippen LogP contribution in [0.3, 0.4) is 0 Å². The highest BCUT2D eigenvalue weighted by molar-refractivity contribution is 5.24. The van der Waals surface area contributed by atoms with Crippen LogP contribution < -0.4 is 10.1 Å². The van der Waals surface area contributed by atoms with Gasteiger partial charge in [-0.3, -0.25) is 0 Å². The van der Waals surface area contributed by atoms with E-state index in [2.05, 4.69) is 30.2 Å². The van der Waals surface area contributed by atoms with E-state index in [0.717, 1.165) is 12.2 Å². The van der Waals surface area contributed by atoms with Gasteiger partial charge in [0.05, 0.1) is 6.61 Å². The SMILES string of the molecule is CCOCC(C)Oc1cc(CNC(C)C)cc(C)n1. The quantitative estimate of drug-likeness (QED) is 0.785. The predicted octanol–water partition coefficient (Wildman–Crippen LogP) is 2.69. The third-order valence-electron chi connectivity index (χ3n) is 2.58. The maximum absolute atomic E-state index is 5.78. The Morgan fingerprint density at radius 1 is 1.26 bits per heavy atom. The summed E-state index contributed by atoms with van der Waals surface area (Å²) in [5, 5.41) is 3.40. The average molecular weight is 266 g/mol. The van der Waals surface area contributed by atoms with Crippen LogP contribution in [0.25, 0.3) is 0 Å². The number of nitrogens with zero attached hydrogens (tertiary/aromatic N) is 1. The summed E-state index contributed by atoms with van der Waals surface area (Å²) in [6.45, 7) is 12.4. The van der Waals surface area contributed by atoms with E-state index >= 15 is 0 Å². The van der Waals surface area contributed by atoms with Crippen LogP contribution in [0.5, 0.6) is 5.88 Å². The summed E-state index contributed by atoms with van der Waals surface area (Å²) in [4.78, 5) is 4.40. The van der Waals surface area contributed by atoms with Crippen LogP contribution in [0.4, 0.5) is 0 Å². The summed E-state index contributed by atoms with van der Waals surface area (Å²) in [5.74, 6) is 0.674. The van der Waals surface area contributed by atoms with Gasteiger partial charge in [0.2, 0.25) is 5.88 Å². The van der Waals surface area contributed by atoms with Gasteiger partial charge < -0.3 is 14.8 Å². The summed E-state index contributed by atoms with van der Waals surface area (Å²) < 4.78 is 11.1. The van der Waals surface area contributed by atoms with Gasteiger partial charge in [0.25, 0.3) is 0 Å². The molecule has 0 bridgehead atoms. The number of nitrogens with one attached hydrogen (secondary N) is 1. The molecule has 1 N–H and O–H groups in total. The highest BCUT2D eigenvalue weighted by Gasteiger charge is 2.07. The van der Waals surface area contributed by atoms with Gasteiger partial charge >= 0.3 is 0 Å². The van der Waals surface area contributed by atoms with Crippen molar-refractivity contribution in [1.82, 2.24) is 10.3 Å². The Balaban J connectivity index is 2.62. The zero-order valence-corrected chi connectivity index (χ0v) is 12.7. The van der Waals surface area contributed by atoms with Crippen molar-refractivity contribution in [2.45, 2.75) is 53.3 Å². The fourth-order valence-corrected chi connectivity index (χ4v) is 1.72. The van der Waals surface area contributed by atoms with E-state index in [4.69, 9.17) is 9.47 Å². The molecule has 4 heteroatoms. The van der Waals surface area contributed by atoms with E-state index in [1.54, 1.807) is 0 Å². The first-order valence-corrected chi connectivity index (χ1v) is 6.96.